The van der Waals surface area contributed by atoms with Gasteiger partial charge in [0.05, 0.1) is 15.7 Å². The van der Waals surface area contributed by atoms with Gasteiger partial charge in [-0.15, -0.1) is 22.7 Å². The molecule has 0 unspecified atom stereocenters. The van der Waals surface area contributed by atoms with Gasteiger partial charge in [-0.05, 0) is 24.6 Å². The Bertz CT molecular complexity index is 1180. The van der Waals surface area contributed by atoms with E-state index in [0.717, 1.165) is 10.4 Å². The first kappa shape index (κ1) is 19.9. The van der Waals surface area contributed by atoms with Gasteiger partial charge in [0.25, 0.3) is 5.91 Å². The molecule has 6 nitrogen and oxygen atoms in total. The van der Waals surface area contributed by atoms with Crippen molar-refractivity contribution in [2.45, 2.75) is 13.3 Å². The van der Waals surface area contributed by atoms with Crippen molar-refractivity contribution in [2.24, 2.45) is 0 Å². The summed E-state index contributed by atoms with van der Waals surface area (Å²) in [7, 11) is 0. The molecule has 0 saturated heterocycles. The number of nitrogens with zero attached hydrogens (tertiary/aromatic N) is 4. The van der Waals surface area contributed by atoms with Gasteiger partial charge < -0.3 is 0 Å². The highest BCUT2D eigenvalue weighted by Crippen LogP contribution is 2.30. The molecule has 0 spiro atoms. The van der Waals surface area contributed by atoms with Crippen LogP contribution in [-0.2, 0) is 6.42 Å². The van der Waals surface area contributed by atoms with Crippen LogP contribution < -0.4 is 5.32 Å². The topological polar surface area (TPSA) is 80.7 Å². The molecular formula is C19H13Cl2N5OS2. The van der Waals surface area contributed by atoms with Crippen molar-refractivity contribution in [1.82, 2.24) is 19.9 Å². The minimum atomic E-state index is -0.260. The number of aryl methyl sites for hydroxylation is 1. The highest BCUT2D eigenvalue weighted by Gasteiger charge is 2.19. The Morgan fingerprint density at radius 1 is 1.10 bits per heavy atom. The molecule has 0 saturated carbocycles. The standard InChI is InChI=1S/C19H13Cl2N5OS2/c1-10-15(29-18(25-10)16-22-6-3-7-23-16)17(27)26-19-24-9-12(28-19)8-11-4-2-5-13(20)14(11)21/h2-7,9H,8H2,1H3,(H,24,26,27). The van der Waals surface area contributed by atoms with Gasteiger partial charge in [-0.2, -0.15) is 0 Å². The van der Waals surface area contributed by atoms with E-state index >= 15 is 0 Å². The molecule has 0 aliphatic carbocycles. The molecule has 29 heavy (non-hydrogen) atoms. The Hall–Kier alpha value is -2.39. The minimum absolute atomic E-state index is 0.260. The van der Waals surface area contributed by atoms with Gasteiger partial charge in [0.15, 0.2) is 16.0 Å². The van der Waals surface area contributed by atoms with Crippen LogP contribution in [0.25, 0.3) is 10.8 Å². The number of hydrogen-bond acceptors (Lipinski definition) is 7. The van der Waals surface area contributed by atoms with Crippen molar-refractivity contribution < 1.29 is 4.79 Å². The normalized spacial score (nSPS) is 10.9. The van der Waals surface area contributed by atoms with Gasteiger partial charge in [-0.3, -0.25) is 10.1 Å². The molecule has 1 N–H and O–H groups in total. The van der Waals surface area contributed by atoms with Gasteiger partial charge in [0.2, 0.25) is 0 Å². The first-order chi connectivity index (χ1) is 14.0. The molecule has 4 rings (SSSR count). The van der Waals surface area contributed by atoms with Gasteiger partial charge in [-0.1, -0.05) is 35.3 Å². The molecule has 3 heterocycles. The van der Waals surface area contributed by atoms with Gasteiger partial charge in [0, 0.05) is 29.9 Å². The van der Waals surface area contributed by atoms with E-state index in [-0.39, 0.29) is 5.91 Å². The van der Waals surface area contributed by atoms with Crippen molar-refractivity contribution in [3.05, 3.63) is 73.9 Å². The zero-order valence-corrected chi connectivity index (χ0v) is 18.2. The van der Waals surface area contributed by atoms with E-state index in [1.165, 1.54) is 22.7 Å². The van der Waals surface area contributed by atoms with Gasteiger partial charge >= 0.3 is 0 Å². The maximum absolute atomic E-state index is 12.7. The Kier molecular flexibility index (Phi) is 5.86. The fourth-order valence-electron chi connectivity index (χ4n) is 2.59. The zero-order valence-electron chi connectivity index (χ0n) is 15.0. The van der Waals surface area contributed by atoms with Crippen LogP contribution in [0.4, 0.5) is 5.13 Å². The smallest absolute Gasteiger partial charge is 0.269 e. The van der Waals surface area contributed by atoms with E-state index in [1.807, 2.05) is 12.1 Å². The second-order valence-corrected chi connectivity index (χ2v) is 8.88. The number of amides is 1. The van der Waals surface area contributed by atoms with E-state index in [2.05, 4.69) is 25.3 Å². The van der Waals surface area contributed by atoms with Gasteiger partial charge in [-0.25, -0.2) is 19.9 Å². The van der Waals surface area contributed by atoms with Crippen molar-refractivity contribution in [3.8, 4) is 10.8 Å². The van der Waals surface area contributed by atoms with Crippen molar-refractivity contribution in [2.75, 3.05) is 5.32 Å². The molecule has 1 amide bonds. The average Bonchev–Trinajstić information content (AvgIpc) is 3.32. The maximum atomic E-state index is 12.7. The maximum Gasteiger partial charge on any atom is 0.269 e. The number of carbonyl (C=O) groups is 1. The lowest BCUT2D eigenvalue weighted by Crippen LogP contribution is -2.11. The monoisotopic (exact) mass is 461 g/mol. The summed E-state index contributed by atoms with van der Waals surface area (Å²) in [5, 5.41) is 4.99. The number of halogens is 2. The van der Waals surface area contributed by atoms with Crippen LogP contribution in [-0.4, -0.2) is 25.8 Å². The fourth-order valence-corrected chi connectivity index (χ4v) is 4.71. The van der Waals surface area contributed by atoms with E-state index in [4.69, 9.17) is 23.2 Å². The molecular weight excluding hydrogens is 449 g/mol. The summed E-state index contributed by atoms with van der Waals surface area (Å²) >= 11 is 15.0. The van der Waals surface area contributed by atoms with Crippen LogP contribution in [0.2, 0.25) is 10.0 Å². The Labute approximate surface area is 184 Å². The van der Waals surface area contributed by atoms with Crippen LogP contribution in [0.5, 0.6) is 0 Å². The summed E-state index contributed by atoms with van der Waals surface area (Å²) in [6.45, 7) is 1.78. The second-order valence-electron chi connectivity index (χ2n) is 5.98. The van der Waals surface area contributed by atoms with Crippen LogP contribution >= 0.6 is 45.9 Å². The molecule has 0 atom stereocenters. The number of hydrogen-bond donors (Lipinski definition) is 1. The number of nitrogens with one attached hydrogen (secondary N) is 1. The second kappa shape index (κ2) is 8.54. The summed E-state index contributed by atoms with van der Waals surface area (Å²) in [5.41, 5.74) is 1.53. The predicted molar refractivity (Wildman–Crippen MR) is 117 cm³/mol. The number of anilines is 1. The fraction of sp³-hybridized carbons (Fsp3) is 0.105. The number of thiazole rings is 2. The van der Waals surface area contributed by atoms with E-state index in [0.29, 0.717) is 43.0 Å². The number of benzene rings is 1. The van der Waals surface area contributed by atoms with Crippen LogP contribution in [0.15, 0.2) is 42.9 Å². The molecule has 4 aromatic rings. The van der Waals surface area contributed by atoms with E-state index in [9.17, 15) is 4.79 Å². The molecule has 0 radical (unpaired) electrons. The lowest BCUT2D eigenvalue weighted by atomic mass is 10.1. The van der Waals surface area contributed by atoms with Crippen LogP contribution in [0, 0.1) is 6.92 Å². The summed E-state index contributed by atoms with van der Waals surface area (Å²) < 4.78 is 0. The Morgan fingerprint density at radius 3 is 2.69 bits per heavy atom. The largest absolute Gasteiger partial charge is 0.297 e. The average molecular weight is 462 g/mol. The van der Waals surface area contributed by atoms with Crippen molar-refractivity contribution in [3.63, 3.8) is 0 Å². The minimum Gasteiger partial charge on any atom is -0.297 e. The summed E-state index contributed by atoms with van der Waals surface area (Å²) in [5.74, 6) is 0.235. The summed E-state index contributed by atoms with van der Waals surface area (Å²) in [6, 6.07) is 7.25. The third-order valence-electron chi connectivity index (χ3n) is 3.93. The first-order valence-corrected chi connectivity index (χ1v) is 10.8. The quantitative estimate of drug-likeness (QED) is 0.423. The van der Waals surface area contributed by atoms with Crippen molar-refractivity contribution in [1.29, 1.82) is 0 Å². The van der Waals surface area contributed by atoms with Crippen LogP contribution in [0.3, 0.4) is 0 Å². The van der Waals surface area contributed by atoms with Gasteiger partial charge in [0.1, 0.15) is 4.88 Å². The first-order valence-electron chi connectivity index (χ1n) is 8.45. The zero-order chi connectivity index (χ0) is 20.4. The highest BCUT2D eigenvalue weighted by atomic mass is 35.5. The third kappa shape index (κ3) is 4.45. The number of rotatable bonds is 5. The Balaban J connectivity index is 1.48. The molecule has 3 aromatic heterocycles. The highest BCUT2D eigenvalue weighted by molar-refractivity contribution is 7.17. The molecule has 1 aromatic carbocycles. The van der Waals surface area contributed by atoms with E-state index in [1.54, 1.807) is 37.6 Å². The molecule has 0 aliphatic rings. The predicted octanol–water partition coefficient (Wildman–Crippen LogP) is 5.51. The SMILES string of the molecule is Cc1nc(-c2ncccn2)sc1C(=O)Nc1ncc(Cc2cccc(Cl)c2Cl)s1. The van der Waals surface area contributed by atoms with E-state index < -0.39 is 0 Å². The number of carbonyl (C=O) groups excluding carboxylic acids is 1. The summed E-state index contributed by atoms with van der Waals surface area (Å²) in [6.07, 6.45) is 5.59. The third-order valence-corrected chi connectivity index (χ3v) is 6.85. The molecule has 0 aliphatic heterocycles. The molecule has 0 fully saturated rings. The number of aromatic nitrogens is 4. The lowest BCUT2D eigenvalue weighted by molar-refractivity contribution is 0.103. The molecule has 146 valence electrons. The van der Waals surface area contributed by atoms with Crippen LogP contribution in [0.1, 0.15) is 25.8 Å². The summed E-state index contributed by atoms with van der Waals surface area (Å²) in [4.78, 5) is 31.2. The Morgan fingerprint density at radius 2 is 1.90 bits per heavy atom. The lowest BCUT2D eigenvalue weighted by Gasteiger charge is -2.03. The molecule has 0 bridgehead atoms. The van der Waals surface area contributed by atoms with Crippen molar-refractivity contribution >= 4 is 56.9 Å². The molecule has 10 heteroatoms.